The predicted octanol–water partition coefficient (Wildman–Crippen LogP) is 7.00. The summed E-state index contributed by atoms with van der Waals surface area (Å²) in [5.74, 6) is -0.225. The van der Waals surface area contributed by atoms with Gasteiger partial charge < -0.3 is 5.32 Å². The zero-order chi connectivity index (χ0) is 21.7. The second kappa shape index (κ2) is 7.29. The molecule has 6 aromatic rings. The zero-order valence-corrected chi connectivity index (χ0v) is 17.6. The van der Waals surface area contributed by atoms with E-state index in [0.717, 1.165) is 43.6 Å². The van der Waals surface area contributed by atoms with Crippen molar-refractivity contribution in [3.05, 3.63) is 102 Å². The van der Waals surface area contributed by atoms with Crippen molar-refractivity contribution in [1.29, 1.82) is 0 Å². The highest BCUT2D eigenvalue weighted by Gasteiger charge is 2.13. The van der Waals surface area contributed by atoms with E-state index in [0.29, 0.717) is 16.3 Å². The van der Waals surface area contributed by atoms with Crippen LogP contribution in [-0.4, -0.2) is 15.9 Å². The van der Waals surface area contributed by atoms with Crippen LogP contribution in [-0.2, 0) is 0 Å². The van der Waals surface area contributed by atoms with E-state index in [1.165, 1.54) is 0 Å². The molecule has 1 N–H and O–H groups in total. The molecular formula is C27H16ClN3O. The number of halogens is 1. The van der Waals surface area contributed by atoms with Gasteiger partial charge >= 0.3 is 0 Å². The molecule has 0 fully saturated rings. The van der Waals surface area contributed by atoms with Crippen LogP contribution in [0.15, 0.2) is 91.0 Å². The number of aromatic nitrogens is 2. The van der Waals surface area contributed by atoms with Crippen LogP contribution in [0.4, 0.5) is 5.69 Å². The summed E-state index contributed by atoms with van der Waals surface area (Å²) in [6.07, 6.45) is 0. The first kappa shape index (κ1) is 18.7. The molecule has 5 heteroatoms. The van der Waals surface area contributed by atoms with Gasteiger partial charge in [0.05, 0.1) is 22.1 Å². The molecule has 0 aliphatic carbocycles. The summed E-state index contributed by atoms with van der Waals surface area (Å²) in [5.41, 5.74) is 4.38. The normalized spacial score (nSPS) is 11.4. The molecule has 0 radical (unpaired) electrons. The summed E-state index contributed by atoms with van der Waals surface area (Å²) in [4.78, 5) is 22.6. The molecule has 152 valence electrons. The van der Waals surface area contributed by atoms with Crippen molar-refractivity contribution in [3.63, 3.8) is 0 Å². The molecule has 0 spiro atoms. The largest absolute Gasteiger partial charge is 0.322 e. The summed E-state index contributed by atoms with van der Waals surface area (Å²) >= 11 is 6.02. The third-order valence-corrected chi connectivity index (χ3v) is 5.90. The summed E-state index contributed by atoms with van der Waals surface area (Å²) < 4.78 is 0. The summed E-state index contributed by atoms with van der Waals surface area (Å²) in [6.45, 7) is 0. The van der Waals surface area contributed by atoms with Gasteiger partial charge in [-0.2, -0.15) is 0 Å². The second-order valence-corrected chi connectivity index (χ2v) is 8.12. The first-order valence-electron chi connectivity index (χ1n) is 10.3. The summed E-state index contributed by atoms with van der Waals surface area (Å²) in [6, 6.07) is 29.0. The van der Waals surface area contributed by atoms with Gasteiger partial charge in [0.2, 0.25) is 0 Å². The minimum absolute atomic E-state index is 0.225. The van der Waals surface area contributed by atoms with Gasteiger partial charge in [-0.05, 0) is 47.2 Å². The number of hydrogen-bond donors (Lipinski definition) is 1. The predicted molar refractivity (Wildman–Crippen MR) is 131 cm³/mol. The lowest BCUT2D eigenvalue weighted by Gasteiger charge is -2.11. The smallest absolute Gasteiger partial charge is 0.255 e. The number of anilines is 1. The van der Waals surface area contributed by atoms with Crippen LogP contribution in [0.5, 0.6) is 0 Å². The number of rotatable bonds is 2. The molecule has 4 nitrogen and oxygen atoms in total. The average Bonchev–Trinajstić information content (AvgIpc) is 2.83. The number of amides is 1. The van der Waals surface area contributed by atoms with E-state index in [9.17, 15) is 4.79 Å². The maximum atomic E-state index is 12.6. The Kier molecular flexibility index (Phi) is 4.27. The lowest BCUT2D eigenvalue weighted by molar-refractivity contribution is 0.102. The molecule has 0 aliphatic heterocycles. The quantitative estimate of drug-likeness (QED) is 0.236. The van der Waals surface area contributed by atoms with Crippen LogP contribution >= 0.6 is 11.6 Å². The Hall–Kier alpha value is -4.02. The number of hydrogen-bond acceptors (Lipinski definition) is 3. The van der Waals surface area contributed by atoms with E-state index < -0.39 is 0 Å². The van der Waals surface area contributed by atoms with Gasteiger partial charge in [0.25, 0.3) is 5.91 Å². The molecule has 32 heavy (non-hydrogen) atoms. The number of nitrogens with zero attached hydrogens (tertiary/aromatic N) is 2. The number of carbonyl (C=O) groups excluding carboxylic acids is 1. The van der Waals surface area contributed by atoms with Crippen LogP contribution in [0.2, 0.25) is 5.02 Å². The summed E-state index contributed by atoms with van der Waals surface area (Å²) in [5, 5.41) is 7.89. The maximum Gasteiger partial charge on any atom is 0.255 e. The van der Waals surface area contributed by atoms with Gasteiger partial charge in [-0.25, -0.2) is 9.97 Å². The topological polar surface area (TPSA) is 54.9 Å². The Morgan fingerprint density at radius 2 is 1.28 bits per heavy atom. The Morgan fingerprint density at radius 3 is 1.94 bits per heavy atom. The summed E-state index contributed by atoms with van der Waals surface area (Å²) in [7, 11) is 0. The van der Waals surface area contributed by atoms with Gasteiger partial charge in [-0.15, -0.1) is 0 Å². The molecule has 0 bridgehead atoms. The molecular weight excluding hydrogens is 418 g/mol. The Balaban J connectivity index is 1.53. The van der Waals surface area contributed by atoms with E-state index in [-0.39, 0.29) is 5.91 Å². The van der Waals surface area contributed by atoms with Crippen molar-refractivity contribution < 1.29 is 4.79 Å². The Bertz CT molecular complexity index is 1690. The van der Waals surface area contributed by atoms with Crippen LogP contribution in [0, 0.1) is 0 Å². The van der Waals surface area contributed by atoms with Crippen molar-refractivity contribution in [1.82, 2.24) is 9.97 Å². The highest BCUT2D eigenvalue weighted by molar-refractivity contribution is 6.31. The van der Waals surface area contributed by atoms with E-state index in [1.807, 2.05) is 42.5 Å². The van der Waals surface area contributed by atoms with Gasteiger partial charge in [0, 0.05) is 27.0 Å². The van der Waals surface area contributed by atoms with Gasteiger partial charge in [-0.3, -0.25) is 4.79 Å². The molecule has 0 atom stereocenters. The first-order chi connectivity index (χ1) is 15.7. The number of carbonyl (C=O) groups is 1. The van der Waals surface area contributed by atoms with Crippen LogP contribution in [0.1, 0.15) is 10.4 Å². The molecule has 6 rings (SSSR count). The lowest BCUT2D eigenvalue weighted by atomic mass is 9.99. The third-order valence-electron chi connectivity index (χ3n) is 5.66. The van der Waals surface area contributed by atoms with E-state index >= 15 is 0 Å². The minimum atomic E-state index is -0.225. The van der Waals surface area contributed by atoms with Crippen molar-refractivity contribution in [3.8, 4) is 0 Å². The fraction of sp³-hybridized carbons (Fsp3) is 0. The SMILES string of the molecule is O=C(Nc1ccc2nc3c4ccccc4c4ccccc4c3nc2c1)c1cccc(Cl)c1. The molecule has 1 aromatic heterocycles. The molecule has 0 saturated carbocycles. The lowest BCUT2D eigenvalue weighted by Crippen LogP contribution is -2.11. The fourth-order valence-corrected chi connectivity index (χ4v) is 4.38. The van der Waals surface area contributed by atoms with Crippen molar-refractivity contribution >= 4 is 66.8 Å². The number of fused-ring (bicyclic) bond motifs is 7. The molecule has 1 amide bonds. The third kappa shape index (κ3) is 3.04. The Labute approximate surface area is 188 Å². The van der Waals surface area contributed by atoms with E-state index in [1.54, 1.807) is 24.3 Å². The monoisotopic (exact) mass is 433 g/mol. The zero-order valence-electron chi connectivity index (χ0n) is 16.8. The molecule has 0 aliphatic rings. The molecule has 1 heterocycles. The van der Waals surface area contributed by atoms with Crippen LogP contribution in [0.3, 0.4) is 0 Å². The highest BCUT2D eigenvalue weighted by Crippen LogP contribution is 2.34. The van der Waals surface area contributed by atoms with Crippen molar-refractivity contribution in [2.75, 3.05) is 5.32 Å². The van der Waals surface area contributed by atoms with Crippen molar-refractivity contribution in [2.24, 2.45) is 0 Å². The van der Waals surface area contributed by atoms with Gasteiger partial charge in [-0.1, -0.05) is 66.2 Å². The van der Waals surface area contributed by atoms with Gasteiger partial charge in [0.15, 0.2) is 0 Å². The Morgan fingerprint density at radius 1 is 0.656 bits per heavy atom. The van der Waals surface area contributed by atoms with E-state index in [4.69, 9.17) is 21.6 Å². The standard InChI is InChI=1S/C27H16ClN3O/c28-17-7-5-6-16(14-17)27(32)29-18-12-13-23-24(15-18)31-26-22-11-4-2-9-20(22)19-8-1-3-10-21(19)25(26)30-23/h1-15H,(H,29,32). The molecule has 0 saturated heterocycles. The number of benzene rings is 5. The van der Waals surface area contributed by atoms with E-state index in [2.05, 4.69) is 29.6 Å². The molecule has 0 unspecified atom stereocenters. The fourth-order valence-electron chi connectivity index (χ4n) is 4.19. The van der Waals surface area contributed by atoms with Gasteiger partial charge in [0.1, 0.15) is 0 Å². The average molecular weight is 434 g/mol. The first-order valence-corrected chi connectivity index (χ1v) is 10.6. The second-order valence-electron chi connectivity index (χ2n) is 7.68. The minimum Gasteiger partial charge on any atom is -0.322 e. The van der Waals surface area contributed by atoms with Crippen LogP contribution < -0.4 is 5.32 Å². The maximum absolute atomic E-state index is 12.6. The van der Waals surface area contributed by atoms with Crippen LogP contribution in [0.25, 0.3) is 43.6 Å². The molecule has 5 aromatic carbocycles. The highest BCUT2D eigenvalue weighted by atomic mass is 35.5. The number of nitrogens with one attached hydrogen (secondary N) is 1. The van der Waals surface area contributed by atoms with Crippen molar-refractivity contribution in [2.45, 2.75) is 0 Å².